The van der Waals surface area contributed by atoms with Crippen LogP contribution in [0.3, 0.4) is 0 Å². The van der Waals surface area contributed by atoms with Gasteiger partial charge in [0.1, 0.15) is 18.1 Å². The molecular weight excluding hydrogens is 292 g/mol. The van der Waals surface area contributed by atoms with Gasteiger partial charge in [0.2, 0.25) is 5.91 Å². The molecule has 1 atom stereocenters. The van der Waals surface area contributed by atoms with Crippen LogP contribution in [-0.2, 0) is 16.1 Å². The molecule has 5 heteroatoms. The van der Waals surface area contributed by atoms with Gasteiger partial charge in [0.15, 0.2) is 0 Å². The fourth-order valence-electron chi connectivity index (χ4n) is 3.75. The first-order chi connectivity index (χ1) is 11.0. The molecule has 3 heterocycles. The summed E-state index contributed by atoms with van der Waals surface area (Å²) in [5, 5.41) is 0. The summed E-state index contributed by atoms with van der Waals surface area (Å²) in [5.41, 5.74) is -0.216. The molecule has 0 unspecified atom stereocenters. The molecule has 1 aromatic heterocycles. The Morgan fingerprint density at radius 2 is 2.13 bits per heavy atom. The maximum Gasteiger partial charge on any atom is 0.249 e. The van der Waals surface area contributed by atoms with Gasteiger partial charge in [0.05, 0.1) is 18.2 Å². The van der Waals surface area contributed by atoms with Gasteiger partial charge in [-0.1, -0.05) is 6.08 Å². The molecule has 1 amide bonds. The lowest BCUT2D eigenvalue weighted by Gasteiger charge is -2.51. The Labute approximate surface area is 137 Å². The zero-order chi connectivity index (χ0) is 16.4. The van der Waals surface area contributed by atoms with Crippen molar-refractivity contribution in [2.75, 3.05) is 26.2 Å². The molecule has 1 spiro atoms. The first kappa shape index (κ1) is 16.3. The van der Waals surface area contributed by atoms with E-state index in [1.54, 1.807) is 6.08 Å². The minimum Gasteiger partial charge on any atom is -0.465 e. The number of aryl methyl sites for hydroxylation is 1. The van der Waals surface area contributed by atoms with Crippen molar-refractivity contribution in [3.63, 3.8) is 0 Å². The van der Waals surface area contributed by atoms with Crippen LogP contribution in [-0.4, -0.2) is 53.6 Å². The second-order valence-corrected chi connectivity index (χ2v) is 6.65. The van der Waals surface area contributed by atoms with Crippen LogP contribution >= 0.6 is 0 Å². The summed E-state index contributed by atoms with van der Waals surface area (Å²) in [5.74, 6) is 2.03. The largest absolute Gasteiger partial charge is 0.465 e. The molecule has 0 saturated carbocycles. The zero-order valence-electron chi connectivity index (χ0n) is 14.1. The fraction of sp³-hybridized carbons (Fsp3) is 0.611. The van der Waals surface area contributed by atoms with Crippen LogP contribution < -0.4 is 0 Å². The summed E-state index contributed by atoms with van der Waals surface area (Å²) < 4.78 is 11.7. The number of morpholine rings is 1. The van der Waals surface area contributed by atoms with E-state index < -0.39 is 0 Å². The smallest absolute Gasteiger partial charge is 0.249 e. The van der Waals surface area contributed by atoms with Crippen LogP contribution in [0.15, 0.2) is 29.2 Å². The number of rotatable bonds is 4. The quantitative estimate of drug-likeness (QED) is 0.800. The molecule has 1 aromatic rings. The summed E-state index contributed by atoms with van der Waals surface area (Å²) in [4.78, 5) is 16.4. The van der Waals surface area contributed by atoms with Gasteiger partial charge >= 0.3 is 0 Å². The minimum atomic E-state index is -0.216. The Hall–Kier alpha value is -1.59. The monoisotopic (exact) mass is 318 g/mol. The van der Waals surface area contributed by atoms with Crippen molar-refractivity contribution in [3.8, 4) is 0 Å². The highest BCUT2D eigenvalue weighted by molar-refractivity contribution is 5.79. The van der Waals surface area contributed by atoms with Crippen LogP contribution in [0.1, 0.15) is 31.3 Å². The number of nitrogens with zero attached hydrogens (tertiary/aromatic N) is 2. The first-order valence-corrected chi connectivity index (χ1v) is 8.36. The van der Waals surface area contributed by atoms with Crippen LogP contribution in [0.5, 0.6) is 0 Å². The number of carbonyl (C=O) groups excluding carboxylic acids is 1. The zero-order valence-corrected chi connectivity index (χ0v) is 14.1. The Morgan fingerprint density at radius 1 is 1.39 bits per heavy atom. The second kappa shape index (κ2) is 6.49. The van der Waals surface area contributed by atoms with Gasteiger partial charge in [-0.25, -0.2) is 0 Å². The maximum atomic E-state index is 12.1. The second-order valence-electron chi connectivity index (χ2n) is 6.65. The molecule has 2 aliphatic rings. The number of carbonyl (C=O) groups is 1. The van der Waals surface area contributed by atoms with Crippen molar-refractivity contribution in [1.82, 2.24) is 9.80 Å². The Balaban J connectivity index is 1.62. The molecule has 0 radical (unpaired) electrons. The first-order valence-electron chi connectivity index (χ1n) is 8.36. The number of piperidine rings is 1. The maximum absolute atomic E-state index is 12.1. The molecule has 2 aliphatic heterocycles. The van der Waals surface area contributed by atoms with Crippen LogP contribution in [0.25, 0.3) is 0 Å². The fourth-order valence-corrected chi connectivity index (χ4v) is 3.75. The predicted molar refractivity (Wildman–Crippen MR) is 88.0 cm³/mol. The standard InChI is InChI=1S/C18H26N2O3/c1-4-9-20-15(3)18(22-13-17(20)21)7-10-19(11-8-18)12-16-6-5-14(2)23-16/h4-6,15H,1,7-13H2,2-3H3/t15-/m0/s1. The highest BCUT2D eigenvalue weighted by Gasteiger charge is 2.47. The van der Waals surface area contributed by atoms with Gasteiger partial charge in [0.25, 0.3) is 0 Å². The molecule has 126 valence electrons. The van der Waals surface area contributed by atoms with Gasteiger partial charge in [0, 0.05) is 19.6 Å². The molecule has 0 N–H and O–H groups in total. The van der Waals surface area contributed by atoms with E-state index in [0.29, 0.717) is 6.54 Å². The molecule has 5 nitrogen and oxygen atoms in total. The highest BCUT2D eigenvalue weighted by atomic mass is 16.5. The highest BCUT2D eigenvalue weighted by Crippen LogP contribution is 2.36. The lowest BCUT2D eigenvalue weighted by atomic mass is 9.82. The molecule has 0 bridgehead atoms. The number of amides is 1. The average molecular weight is 318 g/mol. The van der Waals surface area contributed by atoms with Crippen LogP contribution in [0.4, 0.5) is 0 Å². The Kier molecular flexibility index (Phi) is 4.60. The Morgan fingerprint density at radius 3 is 2.74 bits per heavy atom. The third-order valence-electron chi connectivity index (χ3n) is 5.24. The summed E-state index contributed by atoms with van der Waals surface area (Å²) in [6.45, 7) is 11.4. The lowest BCUT2D eigenvalue weighted by Crippen LogP contribution is -2.63. The molecule has 0 aromatic carbocycles. The van der Waals surface area contributed by atoms with E-state index in [4.69, 9.17) is 9.15 Å². The molecular formula is C18H26N2O3. The van der Waals surface area contributed by atoms with Gasteiger partial charge in [-0.3, -0.25) is 9.69 Å². The number of furan rings is 1. The van der Waals surface area contributed by atoms with Crippen molar-refractivity contribution in [3.05, 3.63) is 36.3 Å². The van der Waals surface area contributed by atoms with E-state index >= 15 is 0 Å². The third-order valence-corrected chi connectivity index (χ3v) is 5.24. The van der Waals surface area contributed by atoms with Gasteiger partial charge in [-0.15, -0.1) is 6.58 Å². The summed E-state index contributed by atoms with van der Waals surface area (Å²) >= 11 is 0. The lowest BCUT2D eigenvalue weighted by molar-refractivity contribution is -0.185. The van der Waals surface area contributed by atoms with Crippen molar-refractivity contribution in [2.45, 2.75) is 44.9 Å². The van der Waals surface area contributed by atoms with Crippen LogP contribution in [0.2, 0.25) is 0 Å². The van der Waals surface area contributed by atoms with Crippen molar-refractivity contribution in [1.29, 1.82) is 0 Å². The van der Waals surface area contributed by atoms with Crippen molar-refractivity contribution < 1.29 is 13.9 Å². The van der Waals surface area contributed by atoms with Gasteiger partial charge in [-0.2, -0.15) is 0 Å². The van der Waals surface area contributed by atoms with Crippen molar-refractivity contribution >= 4 is 5.91 Å². The number of hydrogen-bond acceptors (Lipinski definition) is 4. The molecule has 0 aliphatic carbocycles. The normalized spacial score (nSPS) is 25.0. The van der Waals surface area contributed by atoms with E-state index in [1.807, 2.05) is 24.0 Å². The SMILES string of the molecule is C=CCN1C(=O)COC2(CCN(Cc3ccc(C)o3)CC2)[C@@H]1C. The molecule has 2 fully saturated rings. The van der Waals surface area contributed by atoms with Gasteiger partial charge in [-0.05, 0) is 38.8 Å². The summed E-state index contributed by atoms with van der Waals surface area (Å²) in [6.07, 6.45) is 3.67. The summed E-state index contributed by atoms with van der Waals surface area (Å²) in [6, 6.07) is 4.14. The molecule has 3 rings (SSSR count). The number of hydrogen-bond donors (Lipinski definition) is 0. The average Bonchev–Trinajstić information content (AvgIpc) is 2.95. The number of ether oxygens (including phenoxy) is 1. The summed E-state index contributed by atoms with van der Waals surface area (Å²) in [7, 11) is 0. The van der Waals surface area contributed by atoms with Crippen LogP contribution in [0, 0.1) is 6.92 Å². The van der Waals surface area contributed by atoms with E-state index in [9.17, 15) is 4.79 Å². The molecule has 2 saturated heterocycles. The van der Waals surface area contributed by atoms with E-state index in [1.165, 1.54) is 0 Å². The van der Waals surface area contributed by atoms with E-state index in [0.717, 1.165) is 44.0 Å². The van der Waals surface area contributed by atoms with E-state index in [2.05, 4.69) is 18.4 Å². The van der Waals surface area contributed by atoms with E-state index in [-0.39, 0.29) is 24.2 Å². The van der Waals surface area contributed by atoms with Gasteiger partial charge < -0.3 is 14.1 Å². The third kappa shape index (κ3) is 3.21. The minimum absolute atomic E-state index is 0.0662. The van der Waals surface area contributed by atoms with Crippen molar-refractivity contribution in [2.24, 2.45) is 0 Å². The molecule has 23 heavy (non-hydrogen) atoms. The topological polar surface area (TPSA) is 45.9 Å². The Bertz CT molecular complexity index is 573. The number of likely N-dealkylation sites (tertiary alicyclic amines) is 1. The predicted octanol–water partition coefficient (Wildman–Crippen LogP) is 2.36.